The molecule has 1 aliphatic heterocycles. The first-order valence-corrected chi connectivity index (χ1v) is 10.0. The summed E-state index contributed by atoms with van der Waals surface area (Å²) in [5, 5.41) is 20.1. The summed E-state index contributed by atoms with van der Waals surface area (Å²) in [6.45, 7) is 3.71. The molecule has 148 valence electrons. The third-order valence-corrected chi connectivity index (χ3v) is 6.13. The van der Waals surface area contributed by atoms with Gasteiger partial charge in [-0.2, -0.15) is 10.2 Å². The highest BCUT2D eigenvalue weighted by molar-refractivity contribution is 8.24. The molecule has 1 unspecified atom stereocenters. The molecule has 3 rings (SSSR count). The van der Waals surface area contributed by atoms with Crippen molar-refractivity contribution in [3.63, 3.8) is 0 Å². The molecule has 7 nitrogen and oxygen atoms in total. The molecule has 1 saturated heterocycles. The average Bonchev–Trinajstić information content (AvgIpc) is 3.21. The molecular formula is C17H16Cl2N4O3S2. The molecule has 0 bridgehead atoms. The molecule has 0 spiro atoms. The van der Waals surface area contributed by atoms with Crippen LogP contribution in [-0.4, -0.2) is 42.8 Å². The van der Waals surface area contributed by atoms with Crippen LogP contribution in [0.15, 0.2) is 46.1 Å². The summed E-state index contributed by atoms with van der Waals surface area (Å²) in [5.41, 5.74) is 0.384. The Morgan fingerprint density at radius 3 is 2.82 bits per heavy atom. The third-order valence-electron chi connectivity index (χ3n) is 3.85. The molecule has 0 saturated carbocycles. The molecule has 1 fully saturated rings. The van der Waals surface area contributed by atoms with Gasteiger partial charge in [0.25, 0.3) is 0 Å². The third kappa shape index (κ3) is 4.44. The second kappa shape index (κ2) is 8.30. The van der Waals surface area contributed by atoms with Crippen molar-refractivity contribution in [2.24, 2.45) is 5.10 Å². The van der Waals surface area contributed by atoms with Crippen molar-refractivity contribution in [1.29, 1.82) is 0 Å². The number of amides is 2. The number of nitrogens with one attached hydrogen (secondary N) is 1. The Bertz CT molecular complexity index is 921. The van der Waals surface area contributed by atoms with Crippen molar-refractivity contribution >= 4 is 69.4 Å². The van der Waals surface area contributed by atoms with Gasteiger partial charge in [-0.3, -0.25) is 5.21 Å². The highest BCUT2D eigenvalue weighted by Crippen LogP contribution is 2.42. The van der Waals surface area contributed by atoms with Crippen molar-refractivity contribution < 1.29 is 14.4 Å². The minimum atomic E-state index is -0.848. The molecular weight excluding hydrogens is 443 g/mol. The number of hydrogen-bond acceptors (Lipinski definition) is 6. The molecule has 1 aromatic carbocycles. The van der Waals surface area contributed by atoms with E-state index >= 15 is 0 Å². The topological polar surface area (TPSA) is 81.3 Å². The normalized spacial score (nSPS) is 18.7. The fourth-order valence-electron chi connectivity index (χ4n) is 2.58. The van der Waals surface area contributed by atoms with E-state index in [2.05, 4.69) is 10.4 Å². The number of hydroxylamine groups is 2. The number of hydrogen-bond donors (Lipinski definition) is 2. The van der Waals surface area contributed by atoms with Crippen LogP contribution in [0.25, 0.3) is 0 Å². The first-order valence-electron chi connectivity index (χ1n) is 8.03. The van der Waals surface area contributed by atoms with Crippen LogP contribution in [-0.2, 0) is 0 Å². The highest BCUT2D eigenvalue weighted by Gasteiger charge is 2.50. The number of hydrazone groups is 1. The number of benzene rings is 1. The average molecular weight is 459 g/mol. The zero-order valence-electron chi connectivity index (χ0n) is 14.8. The van der Waals surface area contributed by atoms with Gasteiger partial charge in [-0.25, -0.2) is 9.80 Å². The van der Waals surface area contributed by atoms with Gasteiger partial charge < -0.3 is 9.73 Å². The van der Waals surface area contributed by atoms with Gasteiger partial charge in [0.05, 0.1) is 27.3 Å². The van der Waals surface area contributed by atoms with Crippen LogP contribution >= 0.6 is 47.2 Å². The van der Waals surface area contributed by atoms with E-state index in [1.807, 2.05) is 13.8 Å². The van der Waals surface area contributed by atoms with Gasteiger partial charge in [0.1, 0.15) is 5.76 Å². The molecule has 2 amide bonds. The molecule has 11 heteroatoms. The summed E-state index contributed by atoms with van der Waals surface area (Å²) in [4.78, 5) is 12.6. The number of anilines is 1. The van der Waals surface area contributed by atoms with Gasteiger partial charge in [-0.1, -0.05) is 47.2 Å². The van der Waals surface area contributed by atoms with Gasteiger partial charge in [-0.05, 0) is 44.2 Å². The zero-order chi connectivity index (χ0) is 20.5. The number of carbonyl (C=O) groups is 1. The van der Waals surface area contributed by atoms with Crippen molar-refractivity contribution in [1.82, 2.24) is 10.1 Å². The van der Waals surface area contributed by atoms with Crippen molar-refractivity contribution in [2.75, 3.05) is 5.32 Å². The summed E-state index contributed by atoms with van der Waals surface area (Å²) >= 11 is 18.5. The van der Waals surface area contributed by atoms with Gasteiger partial charge in [0.2, 0.25) is 0 Å². The predicted octanol–water partition coefficient (Wildman–Crippen LogP) is 5.28. The molecule has 1 aliphatic rings. The Hall–Kier alpha value is -1.78. The quantitative estimate of drug-likeness (QED) is 0.280. The monoisotopic (exact) mass is 458 g/mol. The number of thiocarbonyl (C=S) groups is 1. The van der Waals surface area contributed by atoms with E-state index in [4.69, 9.17) is 39.8 Å². The van der Waals surface area contributed by atoms with E-state index in [0.717, 1.165) is 0 Å². The Morgan fingerprint density at radius 2 is 2.18 bits per heavy atom. The number of carbonyl (C=O) groups excluding carboxylic acids is 1. The lowest BCUT2D eigenvalue weighted by Gasteiger charge is -2.34. The summed E-state index contributed by atoms with van der Waals surface area (Å²) < 4.78 is 5.01. The van der Waals surface area contributed by atoms with Crippen LogP contribution < -0.4 is 5.32 Å². The van der Waals surface area contributed by atoms with E-state index in [0.29, 0.717) is 25.9 Å². The van der Waals surface area contributed by atoms with E-state index in [1.165, 1.54) is 35.3 Å². The van der Waals surface area contributed by atoms with E-state index in [1.54, 1.807) is 24.3 Å². The van der Waals surface area contributed by atoms with Crippen LogP contribution in [0.5, 0.6) is 0 Å². The minimum absolute atomic E-state index is 0.284. The Balaban J connectivity index is 1.81. The largest absolute Gasteiger partial charge is 0.463 e. The van der Waals surface area contributed by atoms with Gasteiger partial charge in [0, 0.05) is 5.69 Å². The number of furan rings is 1. The van der Waals surface area contributed by atoms with Crippen LogP contribution in [0.2, 0.25) is 10.0 Å². The smallest absolute Gasteiger partial charge is 0.347 e. The van der Waals surface area contributed by atoms with Gasteiger partial charge in [-0.15, -0.1) is 0 Å². The molecule has 0 radical (unpaired) electrons. The highest BCUT2D eigenvalue weighted by atomic mass is 35.5. The van der Waals surface area contributed by atoms with Crippen LogP contribution in [0.4, 0.5) is 10.5 Å². The summed E-state index contributed by atoms with van der Waals surface area (Å²) in [7, 11) is 0. The first kappa shape index (κ1) is 20.9. The molecule has 2 heterocycles. The predicted molar refractivity (Wildman–Crippen MR) is 115 cm³/mol. The van der Waals surface area contributed by atoms with Gasteiger partial charge in [0.15, 0.2) is 10.5 Å². The Labute approximate surface area is 181 Å². The maximum absolute atomic E-state index is 12.6. The second-order valence-corrected chi connectivity index (χ2v) is 9.46. The number of halogens is 2. The van der Waals surface area contributed by atoms with Crippen LogP contribution in [0.1, 0.15) is 19.6 Å². The molecule has 1 atom stereocenters. The van der Waals surface area contributed by atoms with E-state index in [-0.39, 0.29) is 5.02 Å². The maximum Gasteiger partial charge on any atom is 0.347 e. The maximum atomic E-state index is 12.6. The summed E-state index contributed by atoms with van der Waals surface area (Å²) in [6, 6.07) is 7.30. The number of rotatable bonds is 4. The van der Waals surface area contributed by atoms with Crippen molar-refractivity contribution in [3.8, 4) is 0 Å². The lowest BCUT2D eigenvalue weighted by Crippen LogP contribution is -2.54. The number of nitrogens with zero attached hydrogens (tertiary/aromatic N) is 3. The molecule has 0 aliphatic carbocycles. The lowest BCUT2D eigenvalue weighted by atomic mass is 10.1. The summed E-state index contributed by atoms with van der Waals surface area (Å²) in [6.07, 6.45) is 2.13. The van der Waals surface area contributed by atoms with Crippen LogP contribution in [0.3, 0.4) is 0 Å². The van der Waals surface area contributed by atoms with Crippen molar-refractivity contribution in [2.45, 2.75) is 24.8 Å². The molecule has 1 aromatic heterocycles. The Kier molecular flexibility index (Phi) is 6.21. The minimum Gasteiger partial charge on any atom is -0.463 e. The van der Waals surface area contributed by atoms with Gasteiger partial charge >= 0.3 is 6.03 Å². The molecule has 28 heavy (non-hydrogen) atoms. The zero-order valence-corrected chi connectivity index (χ0v) is 17.9. The lowest BCUT2D eigenvalue weighted by molar-refractivity contribution is -0.114. The standard InChI is InChI=1S/C17H16Cl2N4O3S2/c1-17(2)14(22(16(27)28-17)20-9-11-4-3-7-26-11)23(25)15(24)21-10-5-6-12(18)13(19)8-10/h3-9,14,25H,1-2H3,(H,21,24)/b20-9+. The number of thioether (sulfide) groups is 1. The SMILES string of the molecule is CC1(C)SC(=S)N(/N=C/c2ccco2)C1N(O)C(=O)Nc1ccc(Cl)c(Cl)c1. The van der Waals surface area contributed by atoms with Crippen molar-refractivity contribution in [3.05, 3.63) is 52.4 Å². The summed E-state index contributed by atoms with van der Waals surface area (Å²) in [5.74, 6) is 0.515. The van der Waals surface area contributed by atoms with E-state index in [9.17, 15) is 10.0 Å². The first-order chi connectivity index (χ1) is 13.2. The molecule has 2 N–H and O–H groups in total. The van der Waals surface area contributed by atoms with E-state index < -0.39 is 16.9 Å². The molecule has 2 aromatic rings. The fraction of sp³-hybridized carbons (Fsp3) is 0.235. The number of urea groups is 1. The Morgan fingerprint density at radius 1 is 1.43 bits per heavy atom. The fourth-order valence-corrected chi connectivity index (χ4v) is 4.66. The van der Waals surface area contributed by atoms with Crippen LogP contribution in [0, 0.1) is 0 Å². The second-order valence-electron chi connectivity index (χ2n) is 6.35.